The van der Waals surface area contributed by atoms with E-state index in [1.807, 2.05) is 37.3 Å². The molecule has 0 aliphatic heterocycles. The Kier molecular flexibility index (Phi) is 11.3. The van der Waals surface area contributed by atoms with E-state index in [-0.39, 0.29) is 29.7 Å². The number of rotatable bonds is 9. The predicted octanol–water partition coefficient (Wildman–Crippen LogP) is 3.93. The first-order chi connectivity index (χ1) is 13.4. The van der Waals surface area contributed by atoms with Gasteiger partial charge in [-0.25, -0.2) is 13.4 Å². The third kappa shape index (κ3) is 10.7. The van der Waals surface area contributed by atoms with Gasteiger partial charge in [0.15, 0.2) is 15.8 Å². The molecule has 2 aromatic carbocycles. The Morgan fingerprint density at radius 2 is 1.62 bits per heavy atom. The number of halogens is 1. The number of aryl methyl sites for hydroxylation is 1. The van der Waals surface area contributed by atoms with E-state index < -0.39 is 9.84 Å². The lowest BCUT2D eigenvalue weighted by Gasteiger charge is -2.18. The standard InChI is InChI=1S/C22H31N3O2S.HI/c1-4-23-22(25-18(2)10-11-19-8-6-5-7-9-19)24-16-20-12-14-21(15-13-20)17-28(3,26)27;/h5-9,12-15,18H,4,10-11,16-17H2,1-3H3,(H2,23,24,25);1H. The van der Waals surface area contributed by atoms with Crippen LogP contribution in [0.15, 0.2) is 59.6 Å². The average Bonchev–Trinajstić information content (AvgIpc) is 2.65. The molecule has 0 bridgehead atoms. The number of nitrogens with one attached hydrogen (secondary N) is 2. The third-order valence-electron chi connectivity index (χ3n) is 4.31. The van der Waals surface area contributed by atoms with Crippen molar-refractivity contribution in [2.75, 3.05) is 12.8 Å². The second-order valence-electron chi connectivity index (χ2n) is 7.15. The van der Waals surface area contributed by atoms with Crippen LogP contribution in [-0.2, 0) is 28.6 Å². The van der Waals surface area contributed by atoms with Gasteiger partial charge in [-0.3, -0.25) is 0 Å². The first kappa shape index (κ1) is 25.4. The molecule has 0 saturated heterocycles. The van der Waals surface area contributed by atoms with Crippen molar-refractivity contribution in [1.29, 1.82) is 0 Å². The van der Waals surface area contributed by atoms with E-state index in [2.05, 4.69) is 46.8 Å². The van der Waals surface area contributed by atoms with Crippen LogP contribution in [0.5, 0.6) is 0 Å². The molecule has 0 saturated carbocycles. The Bertz CT molecular complexity index is 853. The number of sulfone groups is 1. The molecular formula is C22H32IN3O2S. The molecular weight excluding hydrogens is 497 g/mol. The van der Waals surface area contributed by atoms with Gasteiger partial charge >= 0.3 is 0 Å². The minimum Gasteiger partial charge on any atom is -0.357 e. The van der Waals surface area contributed by atoms with Gasteiger partial charge in [0.2, 0.25) is 0 Å². The number of hydrogen-bond acceptors (Lipinski definition) is 3. The molecule has 0 fully saturated rings. The van der Waals surface area contributed by atoms with Gasteiger partial charge in [-0.15, -0.1) is 24.0 Å². The van der Waals surface area contributed by atoms with Gasteiger partial charge < -0.3 is 10.6 Å². The Balaban J connectivity index is 0.00000420. The fraction of sp³-hybridized carbons (Fsp3) is 0.409. The summed E-state index contributed by atoms with van der Waals surface area (Å²) < 4.78 is 22.8. The molecule has 2 N–H and O–H groups in total. The number of nitrogens with zero attached hydrogens (tertiary/aromatic N) is 1. The lowest BCUT2D eigenvalue weighted by Crippen LogP contribution is -2.42. The Hall–Kier alpha value is -1.61. The summed E-state index contributed by atoms with van der Waals surface area (Å²) in [6.45, 7) is 5.55. The van der Waals surface area contributed by atoms with Gasteiger partial charge in [0.25, 0.3) is 0 Å². The lowest BCUT2D eigenvalue weighted by molar-refractivity contribution is 0.593. The smallest absolute Gasteiger partial charge is 0.191 e. The van der Waals surface area contributed by atoms with E-state index in [0.717, 1.165) is 36.5 Å². The fourth-order valence-corrected chi connectivity index (χ4v) is 3.67. The van der Waals surface area contributed by atoms with Crippen molar-refractivity contribution in [1.82, 2.24) is 10.6 Å². The van der Waals surface area contributed by atoms with Crippen molar-refractivity contribution in [3.63, 3.8) is 0 Å². The molecule has 2 aromatic rings. The first-order valence-electron chi connectivity index (χ1n) is 9.70. The molecule has 0 heterocycles. The Labute approximate surface area is 192 Å². The van der Waals surface area contributed by atoms with Gasteiger partial charge in [0, 0.05) is 18.8 Å². The molecule has 0 radical (unpaired) electrons. The maximum Gasteiger partial charge on any atom is 0.191 e. The maximum atomic E-state index is 11.4. The molecule has 0 spiro atoms. The lowest BCUT2D eigenvalue weighted by atomic mass is 10.1. The van der Waals surface area contributed by atoms with Crippen LogP contribution in [0.3, 0.4) is 0 Å². The molecule has 29 heavy (non-hydrogen) atoms. The van der Waals surface area contributed by atoms with E-state index in [4.69, 9.17) is 0 Å². The van der Waals surface area contributed by atoms with E-state index in [0.29, 0.717) is 12.6 Å². The zero-order chi connectivity index (χ0) is 20.4. The Morgan fingerprint density at radius 1 is 1.00 bits per heavy atom. The molecule has 160 valence electrons. The minimum atomic E-state index is -3.01. The highest BCUT2D eigenvalue weighted by Crippen LogP contribution is 2.09. The average molecular weight is 529 g/mol. The van der Waals surface area contributed by atoms with Gasteiger partial charge in [-0.1, -0.05) is 54.6 Å². The van der Waals surface area contributed by atoms with Crippen molar-refractivity contribution in [3.8, 4) is 0 Å². The summed E-state index contributed by atoms with van der Waals surface area (Å²) in [7, 11) is -3.01. The summed E-state index contributed by atoms with van der Waals surface area (Å²) in [6, 6.07) is 18.4. The van der Waals surface area contributed by atoms with Gasteiger partial charge in [0.1, 0.15) is 0 Å². The number of benzene rings is 2. The maximum absolute atomic E-state index is 11.4. The van der Waals surface area contributed by atoms with Crippen LogP contribution in [-0.4, -0.2) is 33.2 Å². The molecule has 0 aromatic heterocycles. The van der Waals surface area contributed by atoms with Crippen molar-refractivity contribution in [2.24, 2.45) is 4.99 Å². The normalized spacial score (nSPS) is 12.7. The summed E-state index contributed by atoms with van der Waals surface area (Å²) in [5.41, 5.74) is 3.19. The van der Waals surface area contributed by atoms with Gasteiger partial charge in [-0.2, -0.15) is 0 Å². The summed E-state index contributed by atoms with van der Waals surface area (Å²) >= 11 is 0. The summed E-state index contributed by atoms with van der Waals surface area (Å²) in [5, 5.41) is 6.74. The van der Waals surface area contributed by atoms with Crippen LogP contribution in [0.4, 0.5) is 0 Å². The molecule has 1 unspecified atom stereocenters. The molecule has 0 aliphatic carbocycles. The highest BCUT2D eigenvalue weighted by atomic mass is 127. The van der Waals surface area contributed by atoms with Crippen LogP contribution in [0, 0.1) is 0 Å². The number of hydrogen-bond donors (Lipinski definition) is 2. The number of aliphatic imine (C=N–C) groups is 1. The van der Waals surface area contributed by atoms with Crippen molar-refractivity contribution in [3.05, 3.63) is 71.3 Å². The highest BCUT2D eigenvalue weighted by molar-refractivity contribution is 14.0. The molecule has 7 heteroatoms. The summed E-state index contributed by atoms with van der Waals surface area (Å²) in [6.07, 6.45) is 3.29. The third-order valence-corrected chi connectivity index (χ3v) is 5.17. The molecule has 5 nitrogen and oxygen atoms in total. The largest absolute Gasteiger partial charge is 0.357 e. The van der Waals surface area contributed by atoms with Crippen LogP contribution in [0.25, 0.3) is 0 Å². The highest BCUT2D eigenvalue weighted by Gasteiger charge is 2.07. The zero-order valence-electron chi connectivity index (χ0n) is 17.4. The van der Waals surface area contributed by atoms with Crippen LogP contribution < -0.4 is 10.6 Å². The minimum absolute atomic E-state index is 0. The van der Waals surface area contributed by atoms with E-state index in [9.17, 15) is 8.42 Å². The SMILES string of the molecule is CCNC(=NCc1ccc(CS(C)(=O)=O)cc1)NC(C)CCc1ccccc1.I. The fourth-order valence-electron chi connectivity index (χ4n) is 2.87. The zero-order valence-corrected chi connectivity index (χ0v) is 20.5. The molecule has 2 rings (SSSR count). The number of guanidine groups is 1. The van der Waals surface area contributed by atoms with E-state index in [1.165, 1.54) is 11.8 Å². The van der Waals surface area contributed by atoms with E-state index in [1.54, 1.807) is 0 Å². The van der Waals surface area contributed by atoms with Crippen LogP contribution >= 0.6 is 24.0 Å². The first-order valence-corrected chi connectivity index (χ1v) is 11.8. The summed E-state index contributed by atoms with van der Waals surface area (Å²) in [4.78, 5) is 4.66. The summed E-state index contributed by atoms with van der Waals surface area (Å²) in [5.74, 6) is 0.864. The van der Waals surface area contributed by atoms with E-state index >= 15 is 0 Å². The van der Waals surface area contributed by atoms with Gasteiger partial charge in [0.05, 0.1) is 12.3 Å². The monoisotopic (exact) mass is 529 g/mol. The molecule has 0 aliphatic rings. The topological polar surface area (TPSA) is 70.6 Å². The second kappa shape index (κ2) is 12.8. The van der Waals surface area contributed by atoms with Crippen molar-refractivity contribution < 1.29 is 8.42 Å². The molecule has 1 atom stereocenters. The quantitative estimate of drug-likeness (QED) is 0.294. The second-order valence-corrected chi connectivity index (χ2v) is 9.29. The molecule has 0 amide bonds. The van der Waals surface area contributed by atoms with Crippen LogP contribution in [0.1, 0.15) is 37.0 Å². The van der Waals surface area contributed by atoms with Gasteiger partial charge in [-0.05, 0) is 43.4 Å². The van der Waals surface area contributed by atoms with Crippen molar-refractivity contribution >= 4 is 39.8 Å². The van der Waals surface area contributed by atoms with Crippen LogP contribution in [0.2, 0.25) is 0 Å². The predicted molar refractivity (Wildman–Crippen MR) is 133 cm³/mol. The van der Waals surface area contributed by atoms with Crippen molar-refractivity contribution in [2.45, 2.75) is 45.0 Å². The Morgan fingerprint density at radius 3 is 2.21 bits per heavy atom.